The molecule has 1 aliphatic carbocycles. The van der Waals surface area contributed by atoms with Crippen molar-refractivity contribution in [3.63, 3.8) is 0 Å². The van der Waals surface area contributed by atoms with E-state index in [1.807, 2.05) is 36.9 Å². The van der Waals surface area contributed by atoms with E-state index >= 15 is 0 Å². The van der Waals surface area contributed by atoms with Gasteiger partial charge in [0.15, 0.2) is 0 Å². The molecule has 1 saturated heterocycles. The molecule has 1 saturated carbocycles. The molecule has 1 amide bonds. The molecule has 150 valence electrons. The molecule has 0 radical (unpaired) electrons. The topological polar surface area (TPSA) is 68.5 Å². The molecule has 2 aromatic rings. The number of hydrogen-bond donors (Lipinski definition) is 0. The van der Waals surface area contributed by atoms with Gasteiger partial charge in [-0.05, 0) is 31.9 Å². The van der Waals surface area contributed by atoms with Gasteiger partial charge in [0, 0.05) is 18.9 Å². The molecule has 28 heavy (non-hydrogen) atoms. The highest BCUT2D eigenvalue weighted by molar-refractivity contribution is 5.79. The van der Waals surface area contributed by atoms with E-state index < -0.39 is 0 Å². The molecule has 3 heterocycles. The summed E-state index contributed by atoms with van der Waals surface area (Å²) in [6.07, 6.45) is 6.24. The van der Waals surface area contributed by atoms with Gasteiger partial charge >= 0.3 is 0 Å². The van der Waals surface area contributed by atoms with Gasteiger partial charge in [-0.3, -0.25) is 4.79 Å². The van der Waals surface area contributed by atoms with Crippen LogP contribution in [0.5, 0.6) is 0 Å². The number of pyridine rings is 1. The molecule has 0 bridgehead atoms. The van der Waals surface area contributed by atoms with E-state index in [9.17, 15) is 4.79 Å². The Morgan fingerprint density at radius 2 is 2.07 bits per heavy atom. The fourth-order valence-electron chi connectivity index (χ4n) is 4.39. The third-order valence-electron chi connectivity index (χ3n) is 5.94. The van der Waals surface area contributed by atoms with Gasteiger partial charge in [-0.1, -0.05) is 37.4 Å². The number of nitrogens with zero attached hydrogens (tertiary/aromatic N) is 3. The van der Waals surface area contributed by atoms with Crippen molar-refractivity contribution in [2.45, 2.75) is 58.5 Å². The lowest BCUT2D eigenvalue weighted by molar-refractivity contribution is -0.144. The van der Waals surface area contributed by atoms with Gasteiger partial charge in [0.25, 0.3) is 0 Å². The number of morpholine rings is 1. The van der Waals surface area contributed by atoms with Crippen molar-refractivity contribution in [3.8, 4) is 11.3 Å². The van der Waals surface area contributed by atoms with Gasteiger partial charge in [-0.15, -0.1) is 0 Å². The van der Waals surface area contributed by atoms with Crippen molar-refractivity contribution in [2.24, 2.45) is 5.92 Å². The minimum atomic E-state index is -0.188. The summed E-state index contributed by atoms with van der Waals surface area (Å²) in [5, 5.41) is 4.09. The third-order valence-corrected chi connectivity index (χ3v) is 5.94. The van der Waals surface area contributed by atoms with Crippen LogP contribution in [0.25, 0.3) is 11.3 Å². The monoisotopic (exact) mass is 383 g/mol. The Balaban J connectivity index is 1.52. The number of carbonyl (C=O) groups excluding carboxylic acids is 1. The quantitative estimate of drug-likeness (QED) is 0.795. The smallest absolute Gasteiger partial charge is 0.225 e. The fourth-order valence-corrected chi connectivity index (χ4v) is 4.39. The number of aryl methyl sites for hydroxylation is 2. The van der Waals surface area contributed by atoms with Crippen LogP contribution in [0.15, 0.2) is 22.7 Å². The second-order valence-electron chi connectivity index (χ2n) is 7.85. The highest BCUT2D eigenvalue weighted by Gasteiger charge is 2.31. The molecule has 1 aliphatic heterocycles. The number of rotatable bonds is 4. The average molecular weight is 383 g/mol. The van der Waals surface area contributed by atoms with Crippen LogP contribution in [0, 0.1) is 12.8 Å². The highest BCUT2D eigenvalue weighted by Crippen LogP contribution is 2.30. The first-order chi connectivity index (χ1) is 13.7. The zero-order chi connectivity index (χ0) is 19.5. The maximum Gasteiger partial charge on any atom is 0.225 e. The zero-order valence-electron chi connectivity index (χ0n) is 16.8. The van der Waals surface area contributed by atoms with Crippen molar-refractivity contribution in [1.29, 1.82) is 0 Å². The number of carbonyl (C=O) groups is 1. The summed E-state index contributed by atoms with van der Waals surface area (Å²) in [7, 11) is 0. The minimum absolute atomic E-state index is 0.188. The molecule has 0 N–H and O–H groups in total. The van der Waals surface area contributed by atoms with Crippen molar-refractivity contribution in [3.05, 3.63) is 35.3 Å². The van der Waals surface area contributed by atoms with Crippen LogP contribution in [0.3, 0.4) is 0 Å². The molecule has 6 nitrogen and oxygen atoms in total. The van der Waals surface area contributed by atoms with Gasteiger partial charge in [0.05, 0.1) is 35.8 Å². The second kappa shape index (κ2) is 8.43. The van der Waals surface area contributed by atoms with Crippen LogP contribution in [-0.2, 0) is 16.0 Å². The summed E-state index contributed by atoms with van der Waals surface area (Å²) in [6, 6.07) is 5.96. The fraction of sp³-hybridized carbons (Fsp3) is 0.591. The molecule has 1 atom stereocenters. The minimum Gasteiger partial charge on any atom is -0.368 e. The summed E-state index contributed by atoms with van der Waals surface area (Å²) in [5.74, 6) is 1.34. The summed E-state index contributed by atoms with van der Waals surface area (Å²) >= 11 is 0. The predicted octanol–water partition coefficient (Wildman–Crippen LogP) is 4.09. The van der Waals surface area contributed by atoms with Gasteiger partial charge in [0.2, 0.25) is 5.91 Å². The van der Waals surface area contributed by atoms with Gasteiger partial charge in [-0.25, -0.2) is 4.98 Å². The van der Waals surface area contributed by atoms with E-state index in [-0.39, 0.29) is 12.0 Å². The first-order valence-electron chi connectivity index (χ1n) is 10.5. The molecule has 2 aliphatic rings. The van der Waals surface area contributed by atoms with Crippen molar-refractivity contribution in [2.75, 3.05) is 19.7 Å². The summed E-state index contributed by atoms with van der Waals surface area (Å²) in [6.45, 7) is 5.80. The third kappa shape index (κ3) is 3.83. The second-order valence-corrected chi connectivity index (χ2v) is 7.85. The standard InChI is InChI=1S/C22H29N3O3/c1-3-19-21(15(2)24-28-19)18-11-7-10-17(23-18)20-14-25(12-13-27-20)22(26)16-8-5-4-6-9-16/h7,10-11,16,20H,3-6,8-9,12-14H2,1-2H3/t20-/m1/s1. The van der Waals surface area contributed by atoms with E-state index in [0.29, 0.717) is 25.6 Å². The Kier molecular flexibility index (Phi) is 5.76. The number of aromatic nitrogens is 2. The molecule has 2 fully saturated rings. The van der Waals surface area contributed by atoms with Crippen LogP contribution >= 0.6 is 0 Å². The number of amides is 1. The van der Waals surface area contributed by atoms with Crippen LogP contribution in [0.4, 0.5) is 0 Å². The predicted molar refractivity (Wildman–Crippen MR) is 106 cm³/mol. The zero-order valence-corrected chi connectivity index (χ0v) is 16.8. The molecule has 6 heteroatoms. The van der Waals surface area contributed by atoms with E-state index in [0.717, 1.165) is 47.7 Å². The van der Waals surface area contributed by atoms with Gasteiger partial charge in [-0.2, -0.15) is 0 Å². The highest BCUT2D eigenvalue weighted by atomic mass is 16.5. The van der Waals surface area contributed by atoms with Crippen molar-refractivity contribution in [1.82, 2.24) is 15.0 Å². The molecule has 4 rings (SSSR count). The maximum atomic E-state index is 12.9. The van der Waals surface area contributed by atoms with Crippen molar-refractivity contribution < 1.29 is 14.1 Å². The summed E-state index contributed by atoms with van der Waals surface area (Å²) in [5.41, 5.74) is 3.53. The largest absolute Gasteiger partial charge is 0.368 e. The Morgan fingerprint density at radius 3 is 2.86 bits per heavy atom. The molecular weight excluding hydrogens is 354 g/mol. The Morgan fingerprint density at radius 1 is 1.25 bits per heavy atom. The lowest BCUT2D eigenvalue weighted by Gasteiger charge is -2.35. The Hall–Kier alpha value is -2.21. The Bertz CT molecular complexity index is 826. The molecule has 2 aromatic heterocycles. The SMILES string of the molecule is CCc1onc(C)c1-c1cccc([C@H]2CN(C(=O)C3CCCCC3)CCO2)n1. The van der Waals surface area contributed by atoms with E-state index in [2.05, 4.69) is 5.16 Å². The van der Waals surface area contributed by atoms with E-state index in [1.54, 1.807) is 0 Å². The number of hydrogen-bond acceptors (Lipinski definition) is 5. The van der Waals surface area contributed by atoms with Crippen LogP contribution < -0.4 is 0 Å². The van der Waals surface area contributed by atoms with Gasteiger partial charge in [0.1, 0.15) is 11.9 Å². The van der Waals surface area contributed by atoms with Crippen LogP contribution in [-0.4, -0.2) is 40.6 Å². The average Bonchev–Trinajstić information content (AvgIpc) is 3.14. The van der Waals surface area contributed by atoms with Gasteiger partial charge < -0.3 is 14.2 Å². The summed E-state index contributed by atoms with van der Waals surface area (Å²) in [4.78, 5) is 19.8. The molecule has 0 spiro atoms. The van der Waals surface area contributed by atoms with Crippen LogP contribution in [0.2, 0.25) is 0 Å². The lowest BCUT2D eigenvalue weighted by atomic mass is 9.88. The first kappa shape index (κ1) is 19.1. The molecule has 0 unspecified atom stereocenters. The maximum absolute atomic E-state index is 12.9. The molecule has 0 aromatic carbocycles. The number of ether oxygens (including phenoxy) is 1. The van der Waals surface area contributed by atoms with Crippen LogP contribution in [0.1, 0.15) is 62.3 Å². The van der Waals surface area contributed by atoms with Crippen molar-refractivity contribution >= 4 is 5.91 Å². The summed E-state index contributed by atoms with van der Waals surface area (Å²) < 4.78 is 11.4. The molecular formula is C22H29N3O3. The lowest BCUT2D eigenvalue weighted by Crippen LogP contribution is -2.45. The normalized spacial score (nSPS) is 21.1. The first-order valence-corrected chi connectivity index (χ1v) is 10.5. The van der Waals surface area contributed by atoms with E-state index in [1.165, 1.54) is 19.3 Å². The van der Waals surface area contributed by atoms with E-state index in [4.69, 9.17) is 14.2 Å². The Labute approximate surface area is 166 Å².